The zero-order valence-electron chi connectivity index (χ0n) is 13.0. The largest absolute Gasteiger partial charge is 0.494 e. The van der Waals surface area contributed by atoms with Crippen molar-refractivity contribution < 1.29 is 4.74 Å². The van der Waals surface area contributed by atoms with Gasteiger partial charge in [0.15, 0.2) is 5.82 Å². The van der Waals surface area contributed by atoms with Crippen LogP contribution in [0.4, 0.5) is 17.5 Å². The Labute approximate surface area is 132 Å². The van der Waals surface area contributed by atoms with E-state index in [9.17, 15) is 0 Å². The molecule has 9 heteroatoms. The lowest BCUT2D eigenvalue weighted by Crippen LogP contribution is -2.04. The van der Waals surface area contributed by atoms with Crippen LogP contribution in [-0.2, 0) is 0 Å². The van der Waals surface area contributed by atoms with Crippen LogP contribution in [0.5, 0.6) is 5.75 Å². The summed E-state index contributed by atoms with van der Waals surface area (Å²) in [6.45, 7) is 1.82. The Morgan fingerprint density at radius 2 is 2.09 bits per heavy atom. The van der Waals surface area contributed by atoms with Crippen LogP contribution in [0.15, 0.2) is 30.5 Å². The van der Waals surface area contributed by atoms with Crippen molar-refractivity contribution in [1.82, 2.24) is 30.2 Å². The highest BCUT2D eigenvalue weighted by atomic mass is 16.5. The lowest BCUT2D eigenvalue weighted by atomic mass is 10.2. The van der Waals surface area contributed by atoms with Gasteiger partial charge < -0.3 is 15.4 Å². The first-order valence-electron chi connectivity index (χ1n) is 6.92. The van der Waals surface area contributed by atoms with Crippen LogP contribution in [-0.4, -0.2) is 44.3 Å². The molecule has 0 spiro atoms. The van der Waals surface area contributed by atoms with E-state index in [-0.39, 0.29) is 0 Å². The van der Waals surface area contributed by atoms with E-state index in [1.54, 1.807) is 31.1 Å². The fourth-order valence-electron chi connectivity index (χ4n) is 2.07. The molecule has 0 saturated carbocycles. The number of hydrogen-bond acceptors (Lipinski definition) is 8. The molecular weight excluding hydrogens is 296 g/mol. The number of ether oxygens (including phenoxy) is 1. The molecule has 0 aliphatic carbocycles. The highest BCUT2D eigenvalue weighted by Gasteiger charge is 2.11. The number of tetrazole rings is 1. The molecule has 0 saturated heterocycles. The van der Waals surface area contributed by atoms with E-state index >= 15 is 0 Å². The fraction of sp³-hybridized carbons (Fsp3) is 0.214. The lowest BCUT2D eigenvalue weighted by Gasteiger charge is -2.12. The predicted octanol–water partition coefficient (Wildman–Crippen LogP) is 1.55. The molecule has 9 nitrogen and oxygen atoms in total. The van der Waals surface area contributed by atoms with Crippen LogP contribution in [0, 0.1) is 6.92 Å². The zero-order chi connectivity index (χ0) is 16.2. The quantitative estimate of drug-likeness (QED) is 0.731. The van der Waals surface area contributed by atoms with Gasteiger partial charge in [-0.3, -0.25) is 0 Å². The van der Waals surface area contributed by atoms with Gasteiger partial charge in [-0.1, -0.05) is 0 Å². The van der Waals surface area contributed by atoms with E-state index in [1.165, 1.54) is 0 Å². The molecule has 3 aromatic rings. The number of nitrogens with zero attached hydrogens (tertiary/aromatic N) is 6. The third-order valence-corrected chi connectivity index (χ3v) is 3.20. The molecule has 2 heterocycles. The third kappa shape index (κ3) is 3.03. The zero-order valence-corrected chi connectivity index (χ0v) is 13.0. The van der Waals surface area contributed by atoms with E-state index in [1.807, 2.05) is 25.1 Å². The number of nitrogens with one attached hydrogen (secondary N) is 2. The number of aryl methyl sites for hydroxylation is 1. The molecule has 118 valence electrons. The summed E-state index contributed by atoms with van der Waals surface area (Å²) in [6.07, 6.45) is 1.68. The minimum Gasteiger partial charge on any atom is -0.494 e. The van der Waals surface area contributed by atoms with Gasteiger partial charge in [0.05, 0.1) is 7.11 Å². The molecule has 0 atom stereocenters. The lowest BCUT2D eigenvalue weighted by molar-refractivity contribution is 0.411. The molecule has 0 bridgehead atoms. The Hall–Kier alpha value is -3.23. The van der Waals surface area contributed by atoms with Gasteiger partial charge in [-0.15, -0.1) is 5.10 Å². The highest BCUT2D eigenvalue weighted by molar-refractivity contribution is 5.62. The van der Waals surface area contributed by atoms with E-state index in [4.69, 9.17) is 4.74 Å². The summed E-state index contributed by atoms with van der Waals surface area (Å²) in [6, 6.07) is 7.37. The molecule has 1 aromatic carbocycles. The topological polar surface area (TPSA) is 103 Å². The first kappa shape index (κ1) is 14.7. The van der Waals surface area contributed by atoms with Crippen LogP contribution < -0.4 is 15.4 Å². The van der Waals surface area contributed by atoms with Crippen LogP contribution in [0.2, 0.25) is 0 Å². The summed E-state index contributed by atoms with van der Waals surface area (Å²) in [4.78, 5) is 8.52. The maximum Gasteiger partial charge on any atom is 0.229 e. The number of hydrogen-bond donors (Lipinski definition) is 2. The Balaban J connectivity index is 1.96. The summed E-state index contributed by atoms with van der Waals surface area (Å²) in [5.74, 6) is 2.54. The van der Waals surface area contributed by atoms with Gasteiger partial charge in [-0.05, 0) is 41.6 Å². The normalized spacial score (nSPS) is 10.4. The number of methoxy groups -OCH3 is 1. The summed E-state index contributed by atoms with van der Waals surface area (Å²) in [7, 11) is 3.41. The average Bonchev–Trinajstić information content (AvgIpc) is 3.01. The summed E-state index contributed by atoms with van der Waals surface area (Å²) < 4.78 is 6.99. The number of anilines is 3. The van der Waals surface area contributed by atoms with Crippen molar-refractivity contribution in [2.45, 2.75) is 6.92 Å². The smallest absolute Gasteiger partial charge is 0.229 e. The monoisotopic (exact) mass is 312 g/mol. The molecule has 23 heavy (non-hydrogen) atoms. The van der Waals surface area contributed by atoms with E-state index in [2.05, 4.69) is 36.1 Å². The molecule has 0 aliphatic rings. The van der Waals surface area contributed by atoms with Crippen molar-refractivity contribution in [2.24, 2.45) is 0 Å². The minimum atomic E-state index is 0.487. The average molecular weight is 312 g/mol. The van der Waals surface area contributed by atoms with Gasteiger partial charge in [-0.2, -0.15) is 9.67 Å². The first-order valence-corrected chi connectivity index (χ1v) is 6.92. The van der Waals surface area contributed by atoms with Crippen LogP contribution >= 0.6 is 0 Å². The standard InChI is InChI=1S/C14H16N8O/c1-9-19-20-21-22(9)11-8-10(4-5-12(11)23-3)17-14-16-7-6-13(15-2)18-14/h4-8H,1-3H3,(H2,15,16,17,18). The highest BCUT2D eigenvalue weighted by Crippen LogP contribution is 2.27. The Morgan fingerprint density at radius 1 is 1.22 bits per heavy atom. The molecule has 0 unspecified atom stereocenters. The molecule has 3 rings (SSSR count). The van der Waals surface area contributed by atoms with Crippen molar-refractivity contribution in [3.8, 4) is 11.4 Å². The molecule has 0 amide bonds. The van der Waals surface area contributed by atoms with Gasteiger partial charge in [-0.25, -0.2) is 4.98 Å². The van der Waals surface area contributed by atoms with E-state index < -0.39 is 0 Å². The van der Waals surface area contributed by atoms with Gasteiger partial charge in [0, 0.05) is 18.9 Å². The molecule has 2 N–H and O–H groups in total. The van der Waals surface area contributed by atoms with Crippen molar-refractivity contribution in [3.05, 3.63) is 36.3 Å². The van der Waals surface area contributed by atoms with Gasteiger partial charge in [0.25, 0.3) is 0 Å². The third-order valence-electron chi connectivity index (χ3n) is 3.20. The molecule has 0 fully saturated rings. The SMILES string of the molecule is CNc1ccnc(Nc2ccc(OC)c(-n3nnnc3C)c2)n1. The fourth-order valence-corrected chi connectivity index (χ4v) is 2.07. The van der Waals surface area contributed by atoms with Gasteiger partial charge in [0.2, 0.25) is 5.95 Å². The van der Waals surface area contributed by atoms with Crippen molar-refractivity contribution >= 4 is 17.5 Å². The first-order chi connectivity index (χ1) is 11.2. The maximum atomic E-state index is 5.38. The van der Waals surface area contributed by atoms with Crippen molar-refractivity contribution in [3.63, 3.8) is 0 Å². The van der Waals surface area contributed by atoms with Gasteiger partial charge in [0.1, 0.15) is 17.3 Å². The second kappa shape index (κ2) is 6.26. The number of aromatic nitrogens is 6. The van der Waals surface area contributed by atoms with Gasteiger partial charge >= 0.3 is 0 Å². The van der Waals surface area contributed by atoms with Crippen molar-refractivity contribution in [2.75, 3.05) is 24.8 Å². The van der Waals surface area contributed by atoms with Crippen LogP contribution in [0.1, 0.15) is 5.82 Å². The van der Waals surface area contributed by atoms with Crippen LogP contribution in [0.25, 0.3) is 5.69 Å². The Bertz CT molecular complexity index is 816. The van der Waals surface area contributed by atoms with E-state index in [0.29, 0.717) is 17.5 Å². The molecule has 0 aliphatic heterocycles. The predicted molar refractivity (Wildman–Crippen MR) is 85.3 cm³/mol. The van der Waals surface area contributed by atoms with E-state index in [0.717, 1.165) is 17.2 Å². The molecule has 0 radical (unpaired) electrons. The number of benzene rings is 1. The van der Waals surface area contributed by atoms with Crippen molar-refractivity contribution in [1.29, 1.82) is 0 Å². The minimum absolute atomic E-state index is 0.487. The second-order valence-electron chi connectivity index (χ2n) is 4.67. The Kier molecular flexibility index (Phi) is 4.00. The number of rotatable bonds is 5. The summed E-state index contributed by atoms with van der Waals surface area (Å²) in [5, 5.41) is 17.7. The summed E-state index contributed by atoms with van der Waals surface area (Å²) in [5.41, 5.74) is 1.52. The molecular formula is C14H16N8O. The second-order valence-corrected chi connectivity index (χ2v) is 4.67. The van der Waals surface area contributed by atoms with Crippen LogP contribution in [0.3, 0.4) is 0 Å². The summed E-state index contributed by atoms with van der Waals surface area (Å²) >= 11 is 0. The Morgan fingerprint density at radius 3 is 2.78 bits per heavy atom. The molecule has 2 aromatic heterocycles. The maximum absolute atomic E-state index is 5.38.